The smallest absolute Gasteiger partial charge is 0.416 e. The number of methoxy groups -OCH3 is 1. The minimum Gasteiger partial charge on any atom is -0.497 e. The second-order valence-corrected chi connectivity index (χ2v) is 8.73. The molecule has 0 aromatic heterocycles. The second-order valence-electron chi connectivity index (χ2n) is 6.72. The fourth-order valence-electron chi connectivity index (χ4n) is 3.21. The number of benzene rings is 2. The molecule has 0 unspecified atom stereocenters. The summed E-state index contributed by atoms with van der Waals surface area (Å²) in [4.78, 5) is 22.3. The van der Waals surface area contributed by atoms with Gasteiger partial charge in [-0.05, 0) is 49.0 Å². The van der Waals surface area contributed by atoms with Gasteiger partial charge in [-0.25, -0.2) is 4.99 Å². The van der Waals surface area contributed by atoms with Crippen LogP contribution in [0.4, 0.5) is 24.5 Å². The Labute approximate surface area is 186 Å². The summed E-state index contributed by atoms with van der Waals surface area (Å²) in [5, 5.41) is 1.11. The topological polar surface area (TPSA) is 45.1 Å². The van der Waals surface area contributed by atoms with E-state index in [0.717, 1.165) is 27.7 Å². The summed E-state index contributed by atoms with van der Waals surface area (Å²) in [7, 11) is 3.46. The molecule has 0 N–H and O–H groups in total. The van der Waals surface area contributed by atoms with Crippen LogP contribution in [0, 0.1) is 0 Å². The highest BCUT2D eigenvalue weighted by molar-refractivity contribution is 8.19. The van der Waals surface area contributed by atoms with E-state index >= 15 is 0 Å². The van der Waals surface area contributed by atoms with Gasteiger partial charge in [0.1, 0.15) is 10.7 Å². The lowest BCUT2D eigenvalue weighted by atomic mass is 10.2. The van der Waals surface area contributed by atoms with E-state index in [-0.39, 0.29) is 11.6 Å². The van der Waals surface area contributed by atoms with Crippen LogP contribution in [-0.2, 0) is 11.0 Å². The highest BCUT2D eigenvalue weighted by Crippen LogP contribution is 2.51. The third kappa shape index (κ3) is 4.01. The van der Waals surface area contributed by atoms with Crippen molar-refractivity contribution in [3.05, 3.63) is 58.0 Å². The number of hydrogen-bond acceptors (Lipinski definition) is 6. The fraction of sp³-hybridized carbons (Fsp3) is 0.238. The molecule has 0 spiro atoms. The molecule has 2 aromatic rings. The Morgan fingerprint density at radius 2 is 1.90 bits per heavy atom. The molecule has 4 rings (SSSR count). The quantitative estimate of drug-likeness (QED) is 0.544. The Kier molecular flexibility index (Phi) is 5.69. The van der Waals surface area contributed by atoms with Gasteiger partial charge in [0.25, 0.3) is 5.91 Å². The number of carbonyl (C=O) groups is 1. The highest BCUT2D eigenvalue weighted by Gasteiger charge is 2.38. The summed E-state index contributed by atoms with van der Waals surface area (Å²) in [6.45, 7) is 2.16. The maximum Gasteiger partial charge on any atom is 0.416 e. The maximum atomic E-state index is 13.1. The summed E-state index contributed by atoms with van der Waals surface area (Å²) >= 11 is 2.64. The Morgan fingerprint density at radius 1 is 1.13 bits per heavy atom. The van der Waals surface area contributed by atoms with Crippen LogP contribution in [-0.4, -0.2) is 36.7 Å². The van der Waals surface area contributed by atoms with Crippen molar-refractivity contribution in [3.8, 4) is 5.75 Å². The molecular weight excluding hydrogens is 447 g/mol. The van der Waals surface area contributed by atoms with Crippen molar-refractivity contribution in [3.63, 3.8) is 0 Å². The Hall–Kier alpha value is -2.59. The molecule has 162 valence electrons. The van der Waals surface area contributed by atoms with Crippen LogP contribution in [0.2, 0.25) is 0 Å². The van der Waals surface area contributed by atoms with Crippen molar-refractivity contribution in [1.29, 1.82) is 0 Å². The monoisotopic (exact) mass is 465 g/mol. The number of likely N-dealkylation sites (N-methyl/N-ethyl adjacent to an activating group) is 1. The van der Waals surface area contributed by atoms with Gasteiger partial charge < -0.3 is 9.64 Å². The van der Waals surface area contributed by atoms with Gasteiger partial charge in [-0.3, -0.25) is 9.69 Å². The molecule has 0 aliphatic carbocycles. The molecule has 10 heteroatoms. The first-order valence-electron chi connectivity index (χ1n) is 9.32. The van der Waals surface area contributed by atoms with Crippen LogP contribution in [0.1, 0.15) is 12.5 Å². The number of amidine groups is 1. The first-order chi connectivity index (χ1) is 14.7. The Bertz CT molecular complexity index is 1120. The fourth-order valence-corrected chi connectivity index (χ4v) is 5.60. The molecule has 0 saturated carbocycles. The molecule has 2 heterocycles. The van der Waals surface area contributed by atoms with E-state index in [1.54, 1.807) is 14.0 Å². The molecule has 2 aliphatic rings. The standard InChI is InChI=1S/C21H18F3N3O2S2/c1-4-27-18(28)17(19-26(2)15-11-14(29-3)8-9-16(15)30-19)31-20(27)25-13-7-5-6-12(10-13)21(22,23)24/h5-11H,4H2,1-3H3. The van der Waals surface area contributed by atoms with Crippen molar-refractivity contribution >= 4 is 46.0 Å². The molecule has 1 amide bonds. The summed E-state index contributed by atoms with van der Waals surface area (Å²) < 4.78 is 44.4. The average molecular weight is 466 g/mol. The number of thioether (sulfide) groups is 2. The van der Waals surface area contributed by atoms with Crippen LogP contribution in [0.25, 0.3) is 0 Å². The van der Waals surface area contributed by atoms with Crippen LogP contribution in [0.15, 0.2) is 62.3 Å². The number of aliphatic imine (C=N–C) groups is 1. The molecule has 5 nitrogen and oxygen atoms in total. The summed E-state index contributed by atoms with van der Waals surface area (Å²) in [5.41, 5.74) is 0.294. The number of amides is 1. The lowest BCUT2D eigenvalue weighted by Gasteiger charge is -2.15. The molecule has 0 atom stereocenters. The highest BCUT2D eigenvalue weighted by atomic mass is 32.2. The number of nitrogens with zero attached hydrogens (tertiary/aromatic N) is 3. The number of rotatable bonds is 3. The van der Waals surface area contributed by atoms with Gasteiger partial charge in [0, 0.05) is 24.6 Å². The number of carbonyl (C=O) groups excluding carboxylic acids is 1. The first-order valence-corrected chi connectivity index (χ1v) is 11.0. The maximum absolute atomic E-state index is 13.1. The molecule has 2 aliphatic heterocycles. The summed E-state index contributed by atoms with van der Waals surface area (Å²) in [5.74, 6) is 0.497. The predicted octanol–water partition coefficient (Wildman–Crippen LogP) is 5.71. The zero-order valence-corrected chi connectivity index (χ0v) is 18.5. The number of alkyl halides is 3. The molecule has 1 saturated heterocycles. The van der Waals surface area contributed by atoms with E-state index in [1.165, 1.54) is 40.6 Å². The SMILES string of the molecule is CCN1C(=O)C(=C2Sc3ccc(OC)cc3N2C)SC1=Nc1cccc(C(F)(F)F)c1. The second kappa shape index (κ2) is 8.16. The molecule has 2 aromatic carbocycles. The van der Waals surface area contributed by atoms with E-state index in [0.29, 0.717) is 22.4 Å². The van der Waals surface area contributed by atoms with Crippen LogP contribution >= 0.6 is 23.5 Å². The van der Waals surface area contributed by atoms with Crippen molar-refractivity contribution in [2.24, 2.45) is 4.99 Å². The van der Waals surface area contributed by atoms with Crippen molar-refractivity contribution in [2.75, 3.05) is 25.6 Å². The minimum absolute atomic E-state index is 0.148. The zero-order chi connectivity index (χ0) is 22.3. The molecule has 1 fully saturated rings. The molecular formula is C21H18F3N3O2S2. The van der Waals surface area contributed by atoms with E-state index < -0.39 is 11.7 Å². The van der Waals surface area contributed by atoms with Crippen LogP contribution < -0.4 is 9.64 Å². The molecule has 0 bridgehead atoms. The van der Waals surface area contributed by atoms with Gasteiger partial charge in [0.15, 0.2) is 5.17 Å². The third-order valence-corrected chi connectivity index (χ3v) is 7.24. The number of hydrogen-bond donors (Lipinski definition) is 0. The Morgan fingerprint density at radius 3 is 2.58 bits per heavy atom. The van der Waals surface area contributed by atoms with Gasteiger partial charge >= 0.3 is 6.18 Å². The minimum atomic E-state index is -4.46. The normalized spacial score (nSPS) is 20.1. The predicted molar refractivity (Wildman–Crippen MR) is 118 cm³/mol. The van der Waals surface area contributed by atoms with Gasteiger partial charge in [0.05, 0.1) is 29.1 Å². The Balaban J connectivity index is 1.70. The van der Waals surface area contributed by atoms with E-state index in [9.17, 15) is 18.0 Å². The van der Waals surface area contributed by atoms with Crippen molar-refractivity contribution in [2.45, 2.75) is 18.0 Å². The number of anilines is 1. The summed E-state index contributed by atoms with van der Waals surface area (Å²) in [6, 6.07) is 10.5. The lowest BCUT2D eigenvalue weighted by molar-refractivity contribution is -0.137. The average Bonchev–Trinajstić information content (AvgIpc) is 3.23. The van der Waals surface area contributed by atoms with E-state index in [1.807, 2.05) is 30.1 Å². The molecule has 0 radical (unpaired) electrons. The molecule has 31 heavy (non-hydrogen) atoms. The lowest BCUT2D eigenvalue weighted by Crippen LogP contribution is -2.29. The van der Waals surface area contributed by atoms with Gasteiger partial charge in [0.2, 0.25) is 0 Å². The number of ether oxygens (including phenoxy) is 1. The van der Waals surface area contributed by atoms with Crippen LogP contribution in [0.3, 0.4) is 0 Å². The van der Waals surface area contributed by atoms with Gasteiger partial charge in [-0.15, -0.1) is 0 Å². The zero-order valence-electron chi connectivity index (χ0n) is 16.9. The van der Waals surface area contributed by atoms with Gasteiger partial charge in [-0.2, -0.15) is 13.2 Å². The summed E-state index contributed by atoms with van der Waals surface area (Å²) in [6.07, 6.45) is -4.46. The van der Waals surface area contributed by atoms with E-state index in [2.05, 4.69) is 4.99 Å². The first kappa shape index (κ1) is 21.6. The largest absolute Gasteiger partial charge is 0.497 e. The van der Waals surface area contributed by atoms with Crippen molar-refractivity contribution < 1.29 is 22.7 Å². The number of halogens is 3. The van der Waals surface area contributed by atoms with E-state index in [4.69, 9.17) is 4.74 Å². The van der Waals surface area contributed by atoms with Crippen LogP contribution in [0.5, 0.6) is 5.75 Å². The third-order valence-electron chi connectivity index (χ3n) is 4.81. The van der Waals surface area contributed by atoms with Gasteiger partial charge in [-0.1, -0.05) is 17.8 Å². The number of fused-ring (bicyclic) bond motifs is 1. The van der Waals surface area contributed by atoms with Crippen molar-refractivity contribution in [1.82, 2.24) is 4.90 Å².